The number of nitrogens with zero attached hydrogens (tertiary/aromatic N) is 2. The Balaban J connectivity index is 2.31. The summed E-state index contributed by atoms with van der Waals surface area (Å²) >= 11 is 1.25. The van der Waals surface area contributed by atoms with E-state index in [9.17, 15) is 4.79 Å². The molecule has 0 saturated carbocycles. The third kappa shape index (κ3) is 1.87. The van der Waals surface area contributed by atoms with Gasteiger partial charge in [-0.3, -0.25) is 0 Å². The Hall–Kier alpha value is -1.95. The van der Waals surface area contributed by atoms with Crippen molar-refractivity contribution in [3.63, 3.8) is 0 Å². The number of thiophene rings is 1. The number of ether oxygens (including phenoxy) is 1. The molecule has 0 saturated heterocycles. The van der Waals surface area contributed by atoms with E-state index in [-0.39, 0.29) is 5.97 Å². The van der Waals surface area contributed by atoms with E-state index in [0.29, 0.717) is 16.6 Å². The molecule has 0 spiro atoms. The fourth-order valence-electron chi connectivity index (χ4n) is 1.09. The Kier molecular flexibility index (Phi) is 2.82. The first-order valence-corrected chi connectivity index (χ1v) is 5.21. The van der Waals surface area contributed by atoms with Gasteiger partial charge in [0.05, 0.1) is 12.0 Å². The molecule has 2 aromatic rings. The first kappa shape index (κ1) is 10.6. The number of hydrogen-bond acceptors (Lipinski definition) is 6. The number of rotatable bonds is 3. The van der Waals surface area contributed by atoms with Crippen LogP contribution in [0.25, 0.3) is 16.8 Å². The zero-order valence-corrected chi connectivity index (χ0v) is 9.28. The molecule has 0 aromatic carbocycles. The second kappa shape index (κ2) is 4.28. The van der Waals surface area contributed by atoms with E-state index in [4.69, 9.17) is 4.52 Å². The van der Waals surface area contributed by atoms with Crippen molar-refractivity contribution < 1.29 is 14.1 Å². The molecule has 6 heteroatoms. The Labute approximate surface area is 95.4 Å². The molecule has 0 amide bonds. The second-order valence-electron chi connectivity index (χ2n) is 2.82. The molecule has 16 heavy (non-hydrogen) atoms. The average Bonchev–Trinajstić information content (AvgIpc) is 2.95. The van der Waals surface area contributed by atoms with E-state index in [0.717, 1.165) is 4.88 Å². The highest BCUT2D eigenvalue weighted by atomic mass is 32.1. The zero-order valence-electron chi connectivity index (χ0n) is 8.47. The number of carbonyl (C=O) groups is 1. The molecule has 2 heterocycles. The molecule has 82 valence electrons. The van der Waals surface area contributed by atoms with Crippen LogP contribution in [-0.4, -0.2) is 23.2 Å². The van der Waals surface area contributed by atoms with E-state index in [1.165, 1.54) is 24.5 Å². The maximum atomic E-state index is 11.2. The molecule has 2 aromatic heterocycles. The molecule has 5 nitrogen and oxygen atoms in total. The molecular formula is C10H8N2O3S. The van der Waals surface area contributed by atoms with E-state index in [2.05, 4.69) is 21.5 Å². The monoisotopic (exact) mass is 236 g/mol. The maximum absolute atomic E-state index is 11.2. The van der Waals surface area contributed by atoms with Crippen LogP contribution in [-0.2, 0) is 4.74 Å². The molecular weight excluding hydrogens is 228 g/mol. The molecule has 0 aliphatic heterocycles. The average molecular weight is 236 g/mol. The normalized spacial score (nSPS) is 10.1. The van der Waals surface area contributed by atoms with E-state index >= 15 is 0 Å². The predicted octanol–water partition coefficient (Wildman–Crippen LogP) is 2.23. The summed E-state index contributed by atoms with van der Waals surface area (Å²) in [6, 6.07) is 3.41. The summed E-state index contributed by atoms with van der Waals surface area (Å²) in [6.45, 7) is 3.52. The van der Waals surface area contributed by atoms with Crippen LogP contribution in [0.1, 0.15) is 15.6 Å². The fraction of sp³-hybridized carbons (Fsp3) is 0.100. The van der Waals surface area contributed by atoms with Crippen molar-refractivity contribution in [2.24, 2.45) is 0 Å². The number of methoxy groups -OCH3 is 1. The van der Waals surface area contributed by atoms with Crippen LogP contribution in [0.4, 0.5) is 0 Å². The molecule has 0 N–H and O–H groups in total. The molecule has 0 aliphatic carbocycles. The maximum Gasteiger partial charge on any atom is 0.348 e. The van der Waals surface area contributed by atoms with Gasteiger partial charge in [0.2, 0.25) is 11.7 Å². The van der Waals surface area contributed by atoms with Crippen molar-refractivity contribution in [1.29, 1.82) is 0 Å². The quantitative estimate of drug-likeness (QED) is 0.764. The molecule has 0 unspecified atom stereocenters. The van der Waals surface area contributed by atoms with Gasteiger partial charge in [0.15, 0.2) is 0 Å². The molecule has 0 bridgehead atoms. The van der Waals surface area contributed by atoms with Crippen molar-refractivity contribution in [2.45, 2.75) is 0 Å². The van der Waals surface area contributed by atoms with Crippen LogP contribution in [0, 0.1) is 0 Å². The van der Waals surface area contributed by atoms with Crippen molar-refractivity contribution in [1.82, 2.24) is 10.1 Å². The summed E-state index contributed by atoms with van der Waals surface area (Å²) in [6.07, 6.45) is 1.46. The summed E-state index contributed by atoms with van der Waals surface area (Å²) in [7, 11) is 1.34. The van der Waals surface area contributed by atoms with Crippen LogP contribution in [0.3, 0.4) is 0 Å². The number of hydrogen-bond donors (Lipinski definition) is 0. The highest BCUT2D eigenvalue weighted by Crippen LogP contribution is 2.26. The standard InChI is InChI=1S/C10H8N2O3S/c1-3-8-11-9(12-15-8)6-4-5-7(16-6)10(13)14-2/h3-5H,1H2,2H3. The van der Waals surface area contributed by atoms with Gasteiger partial charge in [-0.25, -0.2) is 4.79 Å². The van der Waals surface area contributed by atoms with Crippen molar-refractivity contribution in [3.05, 3.63) is 29.5 Å². The number of aromatic nitrogens is 2. The van der Waals surface area contributed by atoms with Gasteiger partial charge < -0.3 is 9.26 Å². The highest BCUT2D eigenvalue weighted by Gasteiger charge is 2.13. The van der Waals surface area contributed by atoms with Crippen LogP contribution >= 0.6 is 11.3 Å². The predicted molar refractivity (Wildman–Crippen MR) is 59.0 cm³/mol. The Morgan fingerprint density at radius 3 is 3.06 bits per heavy atom. The van der Waals surface area contributed by atoms with Gasteiger partial charge in [-0.05, 0) is 18.2 Å². The Bertz CT molecular complexity index is 530. The molecule has 0 fully saturated rings. The van der Waals surface area contributed by atoms with Crippen LogP contribution in [0.15, 0.2) is 23.2 Å². The van der Waals surface area contributed by atoms with Crippen molar-refractivity contribution >= 4 is 23.4 Å². The van der Waals surface area contributed by atoms with Crippen LogP contribution in [0.2, 0.25) is 0 Å². The Morgan fingerprint density at radius 1 is 1.62 bits per heavy atom. The minimum absolute atomic E-state index is 0.350. The largest absolute Gasteiger partial charge is 0.465 e. The van der Waals surface area contributed by atoms with Gasteiger partial charge in [-0.15, -0.1) is 11.3 Å². The molecule has 0 atom stereocenters. The summed E-state index contributed by atoms with van der Waals surface area (Å²) in [4.78, 5) is 16.5. The lowest BCUT2D eigenvalue weighted by atomic mass is 10.4. The molecule has 0 aliphatic rings. The smallest absolute Gasteiger partial charge is 0.348 e. The summed E-state index contributed by atoms with van der Waals surface area (Å²) in [5.74, 6) is 0.418. The lowest BCUT2D eigenvalue weighted by Crippen LogP contribution is -1.96. The van der Waals surface area contributed by atoms with E-state index in [1.807, 2.05) is 0 Å². The Morgan fingerprint density at radius 2 is 2.44 bits per heavy atom. The van der Waals surface area contributed by atoms with Gasteiger partial charge in [-0.2, -0.15) is 4.98 Å². The fourth-order valence-corrected chi connectivity index (χ4v) is 1.94. The topological polar surface area (TPSA) is 65.2 Å². The zero-order chi connectivity index (χ0) is 11.5. The number of esters is 1. The molecule has 0 radical (unpaired) electrons. The summed E-state index contributed by atoms with van der Waals surface area (Å²) in [5, 5.41) is 3.76. The van der Waals surface area contributed by atoms with Gasteiger partial charge in [-0.1, -0.05) is 11.7 Å². The first-order chi connectivity index (χ1) is 7.74. The van der Waals surface area contributed by atoms with Crippen LogP contribution in [0.5, 0.6) is 0 Å². The van der Waals surface area contributed by atoms with Gasteiger partial charge >= 0.3 is 5.97 Å². The SMILES string of the molecule is C=Cc1nc(-c2ccc(C(=O)OC)s2)no1. The van der Waals surface area contributed by atoms with Crippen molar-refractivity contribution in [3.8, 4) is 10.7 Å². The minimum Gasteiger partial charge on any atom is -0.465 e. The highest BCUT2D eigenvalue weighted by molar-refractivity contribution is 7.17. The minimum atomic E-state index is -0.372. The van der Waals surface area contributed by atoms with Crippen LogP contribution < -0.4 is 0 Å². The van der Waals surface area contributed by atoms with Gasteiger partial charge in [0, 0.05) is 0 Å². The third-order valence-corrected chi connectivity index (χ3v) is 2.89. The third-order valence-electron chi connectivity index (χ3n) is 1.83. The van der Waals surface area contributed by atoms with Crippen molar-refractivity contribution in [2.75, 3.05) is 7.11 Å². The number of carbonyl (C=O) groups excluding carboxylic acids is 1. The second-order valence-corrected chi connectivity index (χ2v) is 3.90. The molecule has 2 rings (SSSR count). The summed E-state index contributed by atoms with van der Waals surface area (Å²) in [5.41, 5.74) is 0. The van der Waals surface area contributed by atoms with Gasteiger partial charge in [0.1, 0.15) is 4.88 Å². The lowest BCUT2D eigenvalue weighted by molar-refractivity contribution is 0.0606. The van der Waals surface area contributed by atoms with Gasteiger partial charge in [0.25, 0.3) is 0 Å². The summed E-state index contributed by atoms with van der Waals surface area (Å²) < 4.78 is 9.48. The first-order valence-electron chi connectivity index (χ1n) is 4.39. The van der Waals surface area contributed by atoms with E-state index < -0.39 is 0 Å². The van der Waals surface area contributed by atoms with E-state index in [1.54, 1.807) is 12.1 Å². The lowest BCUT2D eigenvalue weighted by Gasteiger charge is -1.91.